The van der Waals surface area contributed by atoms with Crippen molar-refractivity contribution in [1.82, 2.24) is 0 Å². The van der Waals surface area contributed by atoms with E-state index in [0.717, 1.165) is 16.3 Å². The molecule has 1 amide bonds. The monoisotopic (exact) mass is 315 g/mol. The van der Waals surface area contributed by atoms with Gasteiger partial charge in [-0.3, -0.25) is 4.79 Å². The van der Waals surface area contributed by atoms with Gasteiger partial charge in [-0.1, -0.05) is 12.1 Å². The van der Waals surface area contributed by atoms with Crippen LogP contribution in [0.15, 0.2) is 47.4 Å². The molecule has 4 nitrogen and oxygen atoms in total. The van der Waals surface area contributed by atoms with Gasteiger partial charge in [0.2, 0.25) is 0 Å². The van der Waals surface area contributed by atoms with Crippen molar-refractivity contribution in [2.24, 2.45) is 0 Å². The number of benzene rings is 2. The number of nitrogens with zero attached hydrogens (tertiary/aromatic N) is 1. The molecular weight excluding hydrogens is 298 g/mol. The van der Waals surface area contributed by atoms with Gasteiger partial charge in [0, 0.05) is 22.8 Å². The highest BCUT2D eigenvalue weighted by molar-refractivity contribution is 7.99. The summed E-state index contributed by atoms with van der Waals surface area (Å²) in [5.41, 5.74) is 1.57. The minimum atomic E-state index is -0.0197. The smallest absolute Gasteiger partial charge is 0.258 e. The molecule has 0 atom stereocenters. The summed E-state index contributed by atoms with van der Waals surface area (Å²) in [4.78, 5) is 15.8. The van der Waals surface area contributed by atoms with Crippen LogP contribution in [-0.4, -0.2) is 32.4 Å². The lowest BCUT2D eigenvalue weighted by molar-refractivity contribution is 0.0987. The molecule has 1 heterocycles. The zero-order chi connectivity index (χ0) is 15.5. The Hall–Kier alpha value is -2.14. The second kappa shape index (κ2) is 6.32. The molecule has 0 radical (unpaired) electrons. The molecule has 0 spiro atoms. The van der Waals surface area contributed by atoms with Crippen molar-refractivity contribution < 1.29 is 14.3 Å². The predicted molar refractivity (Wildman–Crippen MR) is 88.4 cm³/mol. The molecule has 5 heteroatoms. The van der Waals surface area contributed by atoms with Gasteiger partial charge in [0.15, 0.2) is 11.5 Å². The fourth-order valence-electron chi connectivity index (χ4n) is 2.51. The van der Waals surface area contributed by atoms with Crippen LogP contribution in [0.3, 0.4) is 0 Å². The van der Waals surface area contributed by atoms with Crippen LogP contribution in [0, 0.1) is 0 Å². The number of carbonyl (C=O) groups excluding carboxylic acids is 1. The average Bonchev–Trinajstić information content (AvgIpc) is 2.60. The normalized spacial score (nSPS) is 13.5. The molecule has 0 N–H and O–H groups in total. The van der Waals surface area contributed by atoms with E-state index in [2.05, 4.69) is 0 Å². The summed E-state index contributed by atoms with van der Waals surface area (Å²) >= 11 is 1.78. The van der Waals surface area contributed by atoms with Crippen LogP contribution in [0.1, 0.15) is 10.4 Å². The molecule has 2 aromatic rings. The Morgan fingerprint density at radius 3 is 2.64 bits per heavy atom. The van der Waals surface area contributed by atoms with E-state index in [-0.39, 0.29) is 5.91 Å². The van der Waals surface area contributed by atoms with E-state index < -0.39 is 0 Å². The lowest BCUT2D eigenvalue weighted by Crippen LogP contribution is -2.35. The van der Waals surface area contributed by atoms with Crippen molar-refractivity contribution in [2.45, 2.75) is 4.90 Å². The van der Waals surface area contributed by atoms with Gasteiger partial charge in [-0.25, -0.2) is 0 Å². The van der Waals surface area contributed by atoms with Crippen LogP contribution >= 0.6 is 11.8 Å². The van der Waals surface area contributed by atoms with Crippen molar-refractivity contribution in [3.05, 3.63) is 48.0 Å². The Balaban J connectivity index is 1.95. The molecular formula is C17H17NO3S. The van der Waals surface area contributed by atoms with E-state index in [1.807, 2.05) is 29.2 Å². The molecule has 22 heavy (non-hydrogen) atoms. The molecule has 0 bridgehead atoms. The van der Waals surface area contributed by atoms with E-state index in [1.165, 1.54) is 0 Å². The molecule has 0 saturated carbocycles. The molecule has 0 aromatic heterocycles. The van der Waals surface area contributed by atoms with Crippen LogP contribution in [-0.2, 0) is 0 Å². The molecule has 114 valence electrons. The highest BCUT2D eigenvalue weighted by atomic mass is 32.2. The van der Waals surface area contributed by atoms with Gasteiger partial charge in [-0.05, 0) is 30.3 Å². The van der Waals surface area contributed by atoms with Gasteiger partial charge in [-0.2, -0.15) is 0 Å². The maximum absolute atomic E-state index is 12.9. The lowest BCUT2D eigenvalue weighted by Gasteiger charge is -2.29. The fourth-order valence-corrected chi connectivity index (χ4v) is 3.50. The number of hydrogen-bond donors (Lipinski definition) is 0. The number of amides is 1. The summed E-state index contributed by atoms with van der Waals surface area (Å²) in [6.45, 7) is 0.703. The number of hydrogen-bond acceptors (Lipinski definition) is 4. The molecule has 3 rings (SSSR count). The minimum Gasteiger partial charge on any atom is -0.493 e. The lowest BCUT2D eigenvalue weighted by atomic mass is 10.1. The van der Waals surface area contributed by atoms with E-state index in [9.17, 15) is 4.79 Å². The molecule has 0 fully saturated rings. The Bertz CT molecular complexity index is 702. The molecule has 1 aliphatic heterocycles. The summed E-state index contributed by atoms with van der Waals surface area (Å²) in [6, 6.07) is 13.3. The SMILES string of the molecule is COc1ccc(C(=O)N2CCSc3ccccc32)cc1OC. The zero-order valence-electron chi connectivity index (χ0n) is 12.5. The first-order valence-corrected chi connectivity index (χ1v) is 7.99. The maximum atomic E-state index is 12.9. The Kier molecular flexibility index (Phi) is 4.24. The molecule has 0 aliphatic carbocycles. The van der Waals surface area contributed by atoms with E-state index in [4.69, 9.17) is 9.47 Å². The summed E-state index contributed by atoms with van der Waals surface area (Å²) in [5, 5.41) is 0. The molecule has 0 saturated heterocycles. The number of thioether (sulfide) groups is 1. The molecule has 0 unspecified atom stereocenters. The van der Waals surface area contributed by atoms with Crippen LogP contribution < -0.4 is 14.4 Å². The molecule has 1 aliphatic rings. The second-order valence-electron chi connectivity index (χ2n) is 4.84. The van der Waals surface area contributed by atoms with Gasteiger partial charge in [0.25, 0.3) is 5.91 Å². The second-order valence-corrected chi connectivity index (χ2v) is 5.98. The third-order valence-electron chi connectivity index (χ3n) is 3.60. The number of carbonyl (C=O) groups is 1. The van der Waals surface area contributed by atoms with Crippen molar-refractivity contribution in [1.29, 1.82) is 0 Å². The Morgan fingerprint density at radius 1 is 1.09 bits per heavy atom. The van der Waals surface area contributed by atoms with Crippen LogP contribution in [0.2, 0.25) is 0 Å². The number of fused-ring (bicyclic) bond motifs is 1. The molecule has 2 aromatic carbocycles. The van der Waals surface area contributed by atoms with Gasteiger partial charge < -0.3 is 14.4 Å². The van der Waals surface area contributed by atoms with Gasteiger partial charge in [-0.15, -0.1) is 11.8 Å². The summed E-state index contributed by atoms with van der Waals surface area (Å²) in [7, 11) is 3.15. The van der Waals surface area contributed by atoms with E-state index >= 15 is 0 Å². The van der Waals surface area contributed by atoms with Crippen LogP contribution in [0.4, 0.5) is 5.69 Å². The quantitative estimate of drug-likeness (QED) is 0.869. The minimum absolute atomic E-state index is 0.0197. The average molecular weight is 315 g/mol. The highest BCUT2D eigenvalue weighted by Crippen LogP contribution is 2.36. The Labute approximate surface area is 134 Å². The highest BCUT2D eigenvalue weighted by Gasteiger charge is 2.24. The standard InChI is InChI=1S/C17H17NO3S/c1-20-14-8-7-12(11-15(14)21-2)17(19)18-9-10-22-16-6-4-3-5-13(16)18/h3-8,11H,9-10H2,1-2H3. The number of methoxy groups -OCH3 is 2. The fraction of sp³-hybridized carbons (Fsp3) is 0.235. The van der Waals surface area contributed by atoms with Crippen molar-refractivity contribution in [3.63, 3.8) is 0 Å². The van der Waals surface area contributed by atoms with Crippen LogP contribution in [0.25, 0.3) is 0 Å². The van der Waals surface area contributed by atoms with Gasteiger partial charge >= 0.3 is 0 Å². The first kappa shape index (κ1) is 14.8. The third-order valence-corrected chi connectivity index (χ3v) is 4.65. The third kappa shape index (κ3) is 2.64. The first-order valence-electron chi connectivity index (χ1n) is 7.00. The van der Waals surface area contributed by atoms with Crippen molar-refractivity contribution in [3.8, 4) is 11.5 Å². The first-order chi connectivity index (χ1) is 10.7. The summed E-state index contributed by atoms with van der Waals surface area (Å²) < 4.78 is 10.5. The number of rotatable bonds is 3. The largest absolute Gasteiger partial charge is 0.493 e. The van der Waals surface area contributed by atoms with E-state index in [0.29, 0.717) is 23.6 Å². The Morgan fingerprint density at radius 2 is 1.86 bits per heavy atom. The zero-order valence-corrected chi connectivity index (χ0v) is 13.4. The topological polar surface area (TPSA) is 38.8 Å². The van der Waals surface area contributed by atoms with Crippen molar-refractivity contribution >= 4 is 23.4 Å². The van der Waals surface area contributed by atoms with Crippen molar-refractivity contribution in [2.75, 3.05) is 31.4 Å². The number of para-hydroxylation sites is 1. The van der Waals surface area contributed by atoms with Gasteiger partial charge in [0.05, 0.1) is 19.9 Å². The summed E-state index contributed by atoms with van der Waals surface area (Å²) in [6.07, 6.45) is 0. The summed E-state index contributed by atoms with van der Waals surface area (Å²) in [5.74, 6) is 2.06. The number of anilines is 1. The predicted octanol–water partition coefficient (Wildman–Crippen LogP) is 3.46. The van der Waals surface area contributed by atoms with Crippen LogP contribution in [0.5, 0.6) is 11.5 Å². The van der Waals surface area contributed by atoms with Gasteiger partial charge in [0.1, 0.15) is 0 Å². The number of ether oxygens (including phenoxy) is 2. The van der Waals surface area contributed by atoms with E-state index in [1.54, 1.807) is 44.2 Å². The maximum Gasteiger partial charge on any atom is 0.258 e.